The Balaban J connectivity index is 2.37. The van der Waals surface area contributed by atoms with Crippen LogP contribution in [0.15, 0.2) is 12.3 Å². The summed E-state index contributed by atoms with van der Waals surface area (Å²) in [6.07, 6.45) is 1.35. The molecule has 0 spiro atoms. The van der Waals surface area contributed by atoms with Crippen LogP contribution in [-0.2, 0) is 0 Å². The zero-order chi connectivity index (χ0) is 10.1. The molecule has 0 radical (unpaired) electrons. The molecule has 2 heterocycles. The van der Waals surface area contributed by atoms with Crippen LogP contribution in [0, 0.1) is 0 Å². The zero-order valence-corrected chi connectivity index (χ0v) is 7.65. The molecule has 1 atom stereocenters. The molecule has 14 heavy (non-hydrogen) atoms. The fourth-order valence-electron chi connectivity index (χ4n) is 1.28. The molecule has 2 rings (SSSR count). The van der Waals surface area contributed by atoms with E-state index in [2.05, 4.69) is 10.3 Å². The molecule has 1 aromatic heterocycles. The standard InChI is InChI=1S/C9H10N2O3/c1-5-3-10-8-7(14-5)2-6(4-11-8)9(12)13/h2,4-5H,3H2,1H3,(H,10,11)(H,12,13)/t5-/m0/s1. The molecule has 0 amide bonds. The third kappa shape index (κ3) is 1.48. The predicted octanol–water partition coefficient (Wildman–Crippen LogP) is 0.973. The van der Waals surface area contributed by atoms with E-state index in [0.717, 1.165) is 0 Å². The minimum Gasteiger partial charge on any atom is -0.485 e. The van der Waals surface area contributed by atoms with Gasteiger partial charge in [-0.1, -0.05) is 0 Å². The summed E-state index contributed by atoms with van der Waals surface area (Å²) in [6.45, 7) is 2.59. The number of nitrogens with one attached hydrogen (secondary N) is 1. The number of carboxylic acid groups (broad SMARTS) is 1. The van der Waals surface area contributed by atoms with Crippen molar-refractivity contribution in [2.24, 2.45) is 0 Å². The molecule has 0 saturated carbocycles. The lowest BCUT2D eigenvalue weighted by atomic mass is 10.2. The third-order valence-electron chi connectivity index (χ3n) is 1.98. The molecule has 0 saturated heterocycles. The molecule has 1 aliphatic heterocycles. The lowest BCUT2D eigenvalue weighted by Gasteiger charge is -2.23. The fraction of sp³-hybridized carbons (Fsp3) is 0.333. The number of rotatable bonds is 1. The van der Waals surface area contributed by atoms with Crippen LogP contribution in [0.25, 0.3) is 0 Å². The summed E-state index contributed by atoms with van der Waals surface area (Å²) in [7, 11) is 0. The Kier molecular flexibility index (Phi) is 1.99. The second-order valence-corrected chi connectivity index (χ2v) is 3.19. The molecule has 1 aliphatic rings. The van der Waals surface area contributed by atoms with E-state index in [-0.39, 0.29) is 11.7 Å². The first-order chi connectivity index (χ1) is 6.66. The maximum Gasteiger partial charge on any atom is 0.337 e. The number of fused-ring (bicyclic) bond motifs is 1. The Morgan fingerprint density at radius 2 is 2.57 bits per heavy atom. The molecule has 0 bridgehead atoms. The largest absolute Gasteiger partial charge is 0.485 e. The number of anilines is 1. The van der Waals surface area contributed by atoms with E-state index in [1.807, 2.05) is 6.92 Å². The minimum atomic E-state index is -0.998. The van der Waals surface area contributed by atoms with E-state index in [0.29, 0.717) is 18.1 Å². The number of pyridine rings is 1. The number of ether oxygens (including phenoxy) is 1. The number of hydrogen-bond acceptors (Lipinski definition) is 4. The average molecular weight is 194 g/mol. The van der Waals surface area contributed by atoms with Gasteiger partial charge in [0.05, 0.1) is 12.1 Å². The van der Waals surface area contributed by atoms with Crippen LogP contribution in [-0.4, -0.2) is 28.7 Å². The van der Waals surface area contributed by atoms with Gasteiger partial charge in [-0.15, -0.1) is 0 Å². The van der Waals surface area contributed by atoms with E-state index in [4.69, 9.17) is 9.84 Å². The monoisotopic (exact) mass is 194 g/mol. The fourth-order valence-corrected chi connectivity index (χ4v) is 1.28. The quantitative estimate of drug-likeness (QED) is 0.697. The molecule has 0 aromatic carbocycles. The van der Waals surface area contributed by atoms with Gasteiger partial charge in [-0.3, -0.25) is 0 Å². The van der Waals surface area contributed by atoms with Gasteiger partial charge in [-0.25, -0.2) is 9.78 Å². The van der Waals surface area contributed by atoms with Crippen LogP contribution in [0.1, 0.15) is 17.3 Å². The summed E-state index contributed by atoms with van der Waals surface area (Å²) < 4.78 is 5.43. The van der Waals surface area contributed by atoms with E-state index < -0.39 is 5.97 Å². The molecule has 1 aromatic rings. The number of aromatic carboxylic acids is 1. The van der Waals surface area contributed by atoms with Gasteiger partial charge in [0.25, 0.3) is 0 Å². The van der Waals surface area contributed by atoms with Crippen molar-refractivity contribution >= 4 is 11.8 Å². The molecule has 5 heteroatoms. The Hall–Kier alpha value is -1.78. The number of carboxylic acids is 1. The summed E-state index contributed by atoms with van der Waals surface area (Å²) in [5.41, 5.74) is 0.139. The van der Waals surface area contributed by atoms with Crippen molar-refractivity contribution in [3.8, 4) is 5.75 Å². The van der Waals surface area contributed by atoms with E-state index in [1.165, 1.54) is 12.3 Å². The highest BCUT2D eigenvalue weighted by atomic mass is 16.5. The molecule has 0 aliphatic carbocycles. The second kappa shape index (κ2) is 3.17. The van der Waals surface area contributed by atoms with E-state index >= 15 is 0 Å². The van der Waals surface area contributed by atoms with Crippen molar-refractivity contribution in [3.05, 3.63) is 17.8 Å². The van der Waals surface area contributed by atoms with Crippen molar-refractivity contribution in [3.63, 3.8) is 0 Å². The van der Waals surface area contributed by atoms with Gasteiger partial charge in [0, 0.05) is 12.3 Å². The predicted molar refractivity (Wildman–Crippen MR) is 49.8 cm³/mol. The van der Waals surface area contributed by atoms with Crippen LogP contribution < -0.4 is 10.1 Å². The van der Waals surface area contributed by atoms with Crippen molar-refractivity contribution in [1.82, 2.24) is 4.98 Å². The number of carbonyl (C=O) groups is 1. The Bertz CT molecular complexity index is 378. The van der Waals surface area contributed by atoms with Gasteiger partial charge >= 0.3 is 5.97 Å². The minimum absolute atomic E-state index is 0.0355. The van der Waals surface area contributed by atoms with E-state index in [1.54, 1.807) is 0 Å². The molecule has 5 nitrogen and oxygen atoms in total. The summed E-state index contributed by atoms with van der Waals surface area (Å²) in [6, 6.07) is 1.48. The molecule has 2 N–H and O–H groups in total. The Morgan fingerprint density at radius 1 is 1.79 bits per heavy atom. The SMILES string of the molecule is C[C@H]1CNc2ncc(C(=O)O)cc2O1. The highest BCUT2D eigenvalue weighted by Crippen LogP contribution is 2.27. The van der Waals surface area contributed by atoms with Crippen molar-refractivity contribution in [2.45, 2.75) is 13.0 Å². The first-order valence-electron chi connectivity index (χ1n) is 4.30. The highest BCUT2D eigenvalue weighted by molar-refractivity contribution is 5.88. The zero-order valence-electron chi connectivity index (χ0n) is 7.65. The van der Waals surface area contributed by atoms with Gasteiger partial charge in [-0.2, -0.15) is 0 Å². The summed E-state index contributed by atoms with van der Waals surface area (Å²) in [5, 5.41) is 11.8. The molecular formula is C9H10N2O3. The van der Waals surface area contributed by atoms with Gasteiger partial charge in [-0.05, 0) is 6.92 Å². The first-order valence-corrected chi connectivity index (χ1v) is 4.30. The van der Waals surface area contributed by atoms with E-state index in [9.17, 15) is 4.79 Å². The maximum atomic E-state index is 10.7. The van der Waals surface area contributed by atoms with Crippen LogP contribution in [0.5, 0.6) is 5.75 Å². The lowest BCUT2D eigenvalue weighted by molar-refractivity contribution is 0.0695. The normalized spacial score (nSPS) is 19.1. The topological polar surface area (TPSA) is 71.5 Å². The maximum absolute atomic E-state index is 10.7. The highest BCUT2D eigenvalue weighted by Gasteiger charge is 2.18. The second-order valence-electron chi connectivity index (χ2n) is 3.19. The Morgan fingerprint density at radius 3 is 3.29 bits per heavy atom. The third-order valence-corrected chi connectivity index (χ3v) is 1.98. The molecular weight excluding hydrogens is 184 g/mol. The van der Waals surface area contributed by atoms with Gasteiger partial charge < -0.3 is 15.2 Å². The van der Waals surface area contributed by atoms with Gasteiger partial charge in [0.15, 0.2) is 11.6 Å². The number of nitrogens with zero attached hydrogens (tertiary/aromatic N) is 1. The molecule has 0 fully saturated rings. The molecule has 74 valence electrons. The van der Waals surface area contributed by atoms with Crippen LogP contribution in [0.3, 0.4) is 0 Å². The Labute approximate surface area is 80.7 Å². The van der Waals surface area contributed by atoms with Crippen LogP contribution >= 0.6 is 0 Å². The number of aromatic nitrogens is 1. The van der Waals surface area contributed by atoms with Crippen molar-refractivity contribution < 1.29 is 14.6 Å². The first kappa shape index (κ1) is 8.80. The number of hydrogen-bond donors (Lipinski definition) is 2. The summed E-state index contributed by atoms with van der Waals surface area (Å²) >= 11 is 0. The average Bonchev–Trinajstić information content (AvgIpc) is 2.16. The lowest BCUT2D eigenvalue weighted by Crippen LogP contribution is -2.28. The van der Waals surface area contributed by atoms with Crippen molar-refractivity contribution in [2.75, 3.05) is 11.9 Å². The van der Waals surface area contributed by atoms with Gasteiger partial charge in [0.1, 0.15) is 6.10 Å². The summed E-state index contributed by atoms with van der Waals surface area (Å²) in [5.74, 6) is 0.110. The molecule has 0 unspecified atom stereocenters. The van der Waals surface area contributed by atoms with Gasteiger partial charge in [0.2, 0.25) is 0 Å². The smallest absolute Gasteiger partial charge is 0.337 e. The van der Waals surface area contributed by atoms with Crippen LogP contribution in [0.4, 0.5) is 5.82 Å². The van der Waals surface area contributed by atoms with Crippen molar-refractivity contribution in [1.29, 1.82) is 0 Å². The van der Waals surface area contributed by atoms with Crippen LogP contribution in [0.2, 0.25) is 0 Å². The summed E-state index contributed by atoms with van der Waals surface area (Å²) in [4.78, 5) is 14.6.